The largest absolute Gasteiger partial charge is 0.343 e. The summed E-state index contributed by atoms with van der Waals surface area (Å²) in [5, 5.41) is 4.46. The number of benzene rings is 1. The predicted molar refractivity (Wildman–Crippen MR) is 121 cm³/mol. The van der Waals surface area contributed by atoms with E-state index < -0.39 is 0 Å². The Hall–Kier alpha value is -2.21. The molecule has 1 aliphatic carbocycles. The number of likely N-dealkylation sites (tertiary alicyclic amines) is 1. The van der Waals surface area contributed by atoms with Crippen LogP contribution in [-0.4, -0.2) is 52.0 Å². The molecule has 2 heterocycles. The third kappa shape index (κ3) is 4.54. The molecule has 1 saturated heterocycles. The standard InChI is InChI=1S/C25H36N4O2/c1-4-29(5-2)23(30)20-9-8-16-28(17-20)18-22-26-24(27-31-22)25(14-6-7-15-25)21-12-10-19(3)11-13-21/h10-13,20H,4-9,14-18H2,1-3H3/t20-/m1/s1. The maximum atomic E-state index is 12.8. The second-order valence-electron chi connectivity index (χ2n) is 9.25. The summed E-state index contributed by atoms with van der Waals surface area (Å²) in [7, 11) is 0. The van der Waals surface area contributed by atoms with Gasteiger partial charge in [0, 0.05) is 19.6 Å². The van der Waals surface area contributed by atoms with Gasteiger partial charge in [0.15, 0.2) is 5.82 Å². The fourth-order valence-corrected chi connectivity index (χ4v) is 5.39. The molecule has 1 saturated carbocycles. The molecular weight excluding hydrogens is 388 g/mol. The van der Waals surface area contributed by atoms with Crippen molar-refractivity contribution in [2.45, 2.75) is 71.3 Å². The van der Waals surface area contributed by atoms with E-state index >= 15 is 0 Å². The summed E-state index contributed by atoms with van der Waals surface area (Å²) in [5.41, 5.74) is 2.44. The van der Waals surface area contributed by atoms with Gasteiger partial charge in [-0.25, -0.2) is 0 Å². The van der Waals surface area contributed by atoms with Crippen molar-refractivity contribution in [2.75, 3.05) is 26.2 Å². The van der Waals surface area contributed by atoms with Crippen molar-refractivity contribution >= 4 is 5.91 Å². The minimum atomic E-state index is -0.126. The zero-order valence-corrected chi connectivity index (χ0v) is 19.3. The number of carbonyl (C=O) groups is 1. The van der Waals surface area contributed by atoms with Crippen molar-refractivity contribution in [1.29, 1.82) is 0 Å². The minimum Gasteiger partial charge on any atom is -0.343 e. The van der Waals surface area contributed by atoms with Gasteiger partial charge in [-0.1, -0.05) is 47.8 Å². The van der Waals surface area contributed by atoms with Crippen LogP contribution in [0.5, 0.6) is 0 Å². The normalized spacial score (nSPS) is 21.3. The molecule has 0 N–H and O–H groups in total. The topological polar surface area (TPSA) is 62.5 Å². The summed E-state index contributed by atoms with van der Waals surface area (Å²) in [4.78, 5) is 21.9. The molecule has 1 aliphatic heterocycles. The Morgan fingerprint density at radius 3 is 2.55 bits per heavy atom. The van der Waals surface area contributed by atoms with Gasteiger partial charge in [0.1, 0.15) is 0 Å². The average Bonchev–Trinajstić information content (AvgIpc) is 3.46. The molecule has 0 radical (unpaired) electrons. The van der Waals surface area contributed by atoms with E-state index in [1.807, 2.05) is 4.90 Å². The predicted octanol–water partition coefficient (Wildman–Crippen LogP) is 4.32. The first-order valence-electron chi connectivity index (χ1n) is 12.0. The Kier molecular flexibility index (Phi) is 6.75. The average molecular weight is 425 g/mol. The van der Waals surface area contributed by atoms with Crippen molar-refractivity contribution in [1.82, 2.24) is 19.9 Å². The van der Waals surface area contributed by atoms with Gasteiger partial charge >= 0.3 is 0 Å². The Morgan fingerprint density at radius 1 is 1.16 bits per heavy atom. The maximum absolute atomic E-state index is 12.8. The number of amides is 1. The van der Waals surface area contributed by atoms with Crippen LogP contribution in [0.2, 0.25) is 0 Å². The summed E-state index contributed by atoms with van der Waals surface area (Å²) in [6.07, 6.45) is 6.53. The summed E-state index contributed by atoms with van der Waals surface area (Å²) < 4.78 is 5.74. The molecule has 1 aromatic carbocycles. The molecule has 0 bridgehead atoms. The molecule has 1 amide bonds. The lowest BCUT2D eigenvalue weighted by Gasteiger charge is -2.33. The monoisotopic (exact) mass is 424 g/mol. The van der Waals surface area contributed by atoms with Crippen LogP contribution in [0.3, 0.4) is 0 Å². The molecule has 0 unspecified atom stereocenters. The van der Waals surface area contributed by atoms with Crippen LogP contribution >= 0.6 is 0 Å². The quantitative estimate of drug-likeness (QED) is 0.662. The highest BCUT2D eigenvalue weighted by atomic mass is 16.5. The van der Waals surface area contributed by atoms with E-state index in [4.69, 9.17) is 9.51 Å². The van der Waals surface area contributed by atoms with E-state index in [2.05, 4.69) is 55.1 Å². The molecule has 168 valence electrons. The van der Waals surface area contributed by atoms with Gasteiger partial charge in [-0.15, -0.1) is 0 Å². The Morgan fingerprint density at radius 2 is 1.87 bits per heavy atom. The highest BCUT2D eigenvalue weighted by Crippen LogP contribution is 2.45. The molecule has 6 heteroatoms. The number of carbonyl (C=O) groups excluding carboxylic acids is 1. The first-order valence-corrected chi connectivity index (χ1v) is 12.0. The van der Waals surface area contributed by atoms with Crippen molar-refractivity contribution in [3.63, 3.8) is 0 Å². The zero-order chi connectivity index (χ0) is 21.8. The maximum Gasteiger partial charge on any atom is 0.240 e. The Labute approximate surface area is 186 Å². The van der Waals surface area contributed by atoms with E-state index in [1.165, 1.54) is 24.0 Å². The third-order valence-corrected chi connectivity index (χ3v) is 7.25. The first-order chi connectivity index (χ1) is 15.1. The minimum absolute atomic E-state index is 0.0739. The molecular formula is C25H36N4O2. The van der Waals surface area contributed by atoms with Crippen LogP contribution < -0.4 is 0 Å². The highest BCUT2D eigenvalue weighted by Gasteiger charge is 2.41. The van der Waals surface area contributed by atoms with Crippen LogP contribution in [0.15, 0.2) is 28.8 Å². The highest BCUT2D eigenvalue weighted by molar-refractivity contribution is 5.79. The number of rotatable bonds is 7. The van der Waals surface area contributed by atoms with Crippen LogP contribution in [-0.2, 0) is 16.8 Å². The molecule has 0 spiro atoms. The Bertz CT molecular complexity index is 866. The second kappa shape index (κ2) is 9.51. The molecule has 1 aromatic heterocycles. The van der Waals surface area contributed by atoms with Crippen LogP contribution in [0.4, 0.5) is 0 Å². The fourth-order valence-electron chi connectivity index (χ4n) is 5.39. The van der Waals surface area contributed by atoms with Gasteiger partial charge in [0.05, 0.1) is 17.9 Å². The molecule has 4 rings (SSSR count). The van der Waals surface area contributed by atoms with E-state index in [0.717, 1.165) is 57.7 Å². The molecule has 31 heavy (non-hydrogen) atoms. The van der Waals surface area contributed by atoms with E-state index in [0.29, 0.717) is 12.4 Å². The number of aryl methyl sites for hydroxylation is 1. The number of nitrogens with zero attached hydrogens (tertiary/aromatic N) is 4. The lowest BCUT2D eigenvalue weighted by molar-refractivity contribution is -0.137. The van der Waals surface area contributed by atoms with E-state index in [1.54, 1.807) is 0 Å². The molecule has 2 fully saturated rings. The molecule has 1 atom stereocenters. The fraction of sp³-hybridized carbons (Fsp3) is 0.640. The van der Waals surface area contributed by atoms with Crippen molar-refractivity contribution < 1.29 is 9.32 Å². The smallest absolute Gasteiger partial charge is 0.240 e. The molecule has 6 nitrogen and oxygen atoms in total. The summed E-state index contributed by atoms with van der Waals surface area (Å²) in [6.45, 7) is 10.1. The van der Waals surface area contributed by atoms with Crippen LogP contribution in [0.1, 0.15) is 75.2 Å². The molecule has 2 aromatic rings. The van der Waals surface area contributed by atoms with Crippen LogP contribution in [0, 0.1) is 12.8 Å². The second-order valence-corrected chi connectivity index (χ2v) is 9.25. The molecule has 2 aliphatic rings. The summed E-state index contributed by atoms with van der Waals surface area (Å²) in [5.74, 6) is 1.86. The number of hydrogen-bond acceptors (Lipinski definition) is 5. The summed E-state index contributed by atoms with van der Waals surface area (Å²) in [6, 6.07) is 8.81. The van der Waals surface area contributed by atoms with E-state index in [9.17, 15) is 4.79 Å². The van der Waals surface area contributed by atoms with Gasteiger partial charge in [-0.05, 0) is 58.6 Å². The van der Waals surface area contributed by atoms with Crippen molar-refractivity contribution in [3.05, 3.63) is 47.1 Å². The summed E-state index contributed by atoms with van der Waals surface area (Å²) >= 11 is 0. The van der Waals surface area contributed by atoms with Gasteiger partial charge in [-0.2, -0.15) is 4.98 Å². The third-order valence-electron chi connectivity index (χ3n) is 7.25. The zero-order valence-electron chi connectivity index (χ0n) is 19.3. The van der Waals surface area contributed by atoms with Gasteiger partial charge < -0.3 is 9.42 Å². The number of piperidine rings is 1. The Balaban J connectivity index is 1.47. The van der Waals surface area contributed by atoms with Gasteiger partial charge in [0.2, 0.25) is 11.8 Å². The SMILES string of the molecule is CCN(CC)C(=O)[C@@H]1CCCN(Cc2nc(C3(c4ccc(C)cc4)CCCC3)no2)C1. The number of aromatic nitrogens is 2. The van der Waals surface area contributed by atoms with Crippen molar-refractivity contribution in [2.24, 2.45) is 5.92 Å². The lowest BCUT2D eigenvalue weighted by Crippen LogP contribution is -2.44. The van der Waals surface area contributed by atoms with Gasteiger partial charge in [0.25, 0.3) is 0 Å². The van der Waals surface area contributed by atoms with Crippen molar-refractivity contribution in [3.8, 4) is 0 Å². The number of hydrogen-bond donors (Lipinski definition) is 0. The lowest BCUT2D eigenvalue weighted by atomic mass is 9.78. The van der Waals surface area contributed by atoms with Crippen LogP contribution in [0.25, 0.3) is 0 Å². The van der Waals surface area contributed by atoms with Gasteiger partial charge in [-0.3, -0.25) is 9.69 Å². The first kappa shape index (κ1) is 22.0. The van der Waals surface area contributed by atoms with E-state index in [-0.39, 0.29) is 17.2 Å².